The fourth-order valence-electron chi connectivity index (χ4n) is 3.82. The van der Waals surface area contributed by atoms with Gasteiger partial charge in [0.25, 0.3) is 11.8 Å². The molecule has 8 heteroatoms. The summed E-state index contributed by atoms with van der Waals surface area (Å²) < 4.78 is 0. The Balaban J connectivity index is 1.55. The average Bonchev–Trinajstić information content (AvgIpc) is 3.25. The molecule has 0 bridgehead atoms. The molecule has 0 saturated carbocycles. The molecular weight excluding hydrogens is 380 g/mol. The highest BCUT2D eigenvalue weighted by molar-refractivity contribution is 6.05. The van der Waals surface area contributed by atoms with Gasteiger partial charge in [-0.15, -0.1) is 0 Å². The molecular formula is C22H24N6O2. The van der Waals surface area contributed by atoms with Crippen LogP contribution in [0, 0.1) is 0 Å². The Labute approximate surface area is 174 Å². The smallest absolute Gasteiger partial charge is 0.273 e. The quantitative estimate of drug-likeness (QED) is 0.604. The number of rotatable bonds is 5. The van der Waals surface area contributed by atoms with Crippen LogP contribution in [0.2, 0.25) is 0 Å². The number of aromatic nitrogens is 3. The van der Waals surface area contributed by atoms with Crippen LogP contribution in [0.1, 0.15) is 47.0 Å². The van der Waals surface area contributed by atoms with Crippen LogP contribution in [0.5, 0.6) is 0 Å². The standard InChI is InChI=1S/C22H24N6O2/c1-14-5-2-3-10-28(14)20-8-7-16(11-17(20)21(23)29)25-22(30)19-12-18(26-27-19)15-6-4-9-24-13-15/h4,6-9,11-14H,2-3,5,10H2,1H3,(H2,23,29)(H,25,30)(H,26,27). The lowest BCUT2D eigenvalue weighted by molar-refractivity contribution is 0.0995. The van der Waals surface area contributed by atoms with Gasteiger partial charge in [0.15, 0.2) is 0 Å². The molecule has 3 aromatic rings. The minimum absolute atomic E-state index is 0.309. The lowest BCUT2D eigenvalue weighted by atomic mass is 10.0. The summed E-state index contributed by atoms with van der Waals surface area (Å²) in [5.74, 6) is -0.869. The third-order valence-electron chi connectivity index (χ3n) is 5.41. The van der Waals surface area contributed by atoms with Crippen molar-refractivity contribution in [1.29, 1.82) is 0 Å². The number of nitrogens with one attached hydrogen (secondary N) is 2. The van der Waals surface area contributed by atoms with Crippen LogP contribution in [0.3, 0.4) is 0 Å². The molecule has 1 aliphatic rings. The van der Waals surface area contributed by atoms with E-state index in [2.05, 4.69) is 32.3 Å². The highest BCUT2D eigenvalue weighted by Crippen LogP contribution is 2.30. The third kappa shape index (κ3) is 4.03. The van der Waals surface area contributed by atoms with Crippen molar-refractivity contribution in [1.82, 2.24) is 15.2 Å². The second-order valence-electron chi connectivity index (χ2n) is 7.50. The fourth-order valence-corrected chi connectivity index (χ4v) is 3.82. The summed E-state index contributed by atoms with van der Waals surface area (Å²) in [6.07, 6.45) is 6.70. The van der Waals surface area contributed by atoms with Crippen molar-refractivity contribution in [3.05, 3.63) is 60.0 Å². The first kappa shape index (κ1) is 19.6. The van der Waals surface area contributed by atoms with E-state index in [-0.39, 0.29) is 5.91 Å². The van der Waals surface area contributed by atoms with Crippen molar-refractivity contribution in [2.75, 3.05) is 16.8 Å². The van der Waals surface area contributed by atoms with Crippen molar-refractivity contribution in [3.63, 3.8) is 0 Å². The van der Waals surface area contributed by atoms with Gasteiger partial charge in [-0.1, -0.05) is 0 Å². The number of amides is 2. The topological polar surface area (TPSA) is 117 Å². The van der Waals surface area contributed by atoms with Gasteiger partial charge in [0.2, 0.25) is 0 Å². The summed E-state index contributed by atoms with van der Waals surface area (Å²) in [4.78, 5) is 31.0. The number of carbonyl (C=O) groups is 2. The maximum atomic E-state index is 12.7. The summed E-state index contributed by atoms with van der Waals surface area (Å²) in [5, 5.41) is 9.72. The number of nitrogens with zero attached hydrogens (tertiary/aromatic N) is 3. The van der Waals surface area contributed by atoms with E-state index < -0.39 is 5.91 Å². The number of piperidine rings is 1. The Morgan fingerprint density at radius 1 is 1.23 bits per heavy atom. The molecule has 154 valence electrons. The van der Waals surface area contributed by atoms with Crippen molar-refractivity contribution in [2.24, 2.45) is 5.73 Å². The van der Waals surface area contributed by atoms with Gasteiger partial charge < -0.3 is 16.0 Å². The first-order valence-corrected chi connectivity index (χ1v) is 10.0. The van der Waals surface area contributed by atoms with E-state index >= 15 is 0 Å². The molecule has 8 nitrogen and oxygen atoms in total. The SMILES string of the molecule is CC1CCCCN1c1ccc(NC(=O)c2cc(-c3cccnc3)n[nH]2)cc1C(N)=O. The van der Waals surface area contributed by atoms with Crippen LogP contribution in [-0.4, -0.2) is 39.6 Å². The van der Waals surface area contributed by atoms with Gasteiger partial charge >= 0.3 is 0 Å². The van der Waals surface area contributed by atoms with Crippen LogP contribution in [-0.2, 0) is 0 Å². The van der Waals surface area contributed by atoms with Gasteiger partial charge in [0.1, 0.15) is 5.69 Å². The van der Waals surface area contributed by atoms with Gasteiger partial charge in [0, 0.05) is 41.9 Å². The van der Waals surface area contributed by atoms with E-state index in [1.54, 1.807) is 36.7 Å². The van der Waals surface area contributed by atoms with Gasteiger partial charge in [-0.05, 0) is 62.6 Å². The molecule has 1 saturated heterocycles. The van der Waals surface area contributed by atoms with Crippen molar-refractivity contribution in [2.45, 2.75) is 32.2 Å². The molecule has 30 heavy (non-hydrogen) atoms. The highest BCUT2D eigenvalue weighted by atomic mass is 16.2. The Bertz CT molecular complexity index is 1060. The van der Waals surface area contributed by atoms with Crippen molar-refractivity contribution in [3.8, 4) is 11.3 Å². The number of pyridine rings is 1. The fraction of sp³-hybridized carbons (Fsp3) is 0.273. The first-order valence-electron chi connectivity index (χ1n) is 10.0. The predicted molar refractivity (Wildman–Crippen MR) is 115 cm³/mol. The van der Waals surface area contributed by atoms with E-state index in [4.69, 9.17) is 5.73 Å². The zero-order valence-corrected chi connectivity index (χ0v) is 16.8. The number of hydrogen-bond acceptors (Lipinski definition) is 5. The van der Waals surface area contributed by atoms with E-state index in [0.717, 1.165) is 30.6 Å². The summed E-state index contributed by atoms with van der Waals surface area (Å²) in [6.45, 7) is 3.04. The number of H-pyrrole nitrogens is 1. The molecule has 0 radical (unpaired) electrons. The molecule has 4 N–H and O–H groups in total. The Morgan fingerprint density at radius 2 is 2.10 bits per heavy atom. The molecule has 4 rings (SSSR count). The molecule has 0 spiro atoms. The monoisotopic (exact) mass is 404 g/mol. The van der Waals surface area contributed by atoms with Crippen LogP contribution >= 0.6 is 0 Å². The van der Waals surface area contributed by atoms with Crippen LogP contribution in [0.15, 0.2) is 48.8 Å². The number of carbonyl (C=O) groups excluding carboxylic acids is 2. The molecule has 2 amide bonds. The molecule has 0 aliphatic carbocycles. The second kappa shape index (κ2) is 8.36. The van der Waals surface area contributed by atoms with Crippen LogP contribution < -0.4 is 16.0 Å². The molecule has 1 fully saturated rings. The Hall–Kier alpha value is -3.68. The highest BCUT2D eigenvalue weighted by Gasteiger charge is 2.23. The van der Waals surface area contributed by atoms with Crippen molar-refractivity contribution < 1.29 is 9.59 Å². The summed E-state index contributed by atoms with van der Waals surface area (Å²) in [6, 6.07) is 10.9. The largest absolute Gasteiger partial charge is 0.368 e. The first-order chi connectivity index (χ1) is 14.5. The zero-order chi connectivity index (χ0) is 21.1. The second-order valence-corrected chi connectivity index (χ2v) is 7.50. The number of nitrogens with two attached hydrogens (primary N) is 1. The van der Waals surface area contributed by atoms with E-state index in [9.17, 15) is 9.59 Å². The number of aromatic amines is 1. The maximum absolute atomic E-state index is 12.7. The number of anilines is 2. The third-order valence-corrected chi connectivity index (χ3v) is 5.41. The maximum Gasteiger partial charge on any atom is 0.273 e. The van der Waals surface area contributed by atoms with Gasteiger partial charge in [0.05, 0.1) is 11.3 Å². The summed E-state index contributed by atoms with van der Waals surface area (Å²) in [7, 11) is 0. The normalized spacial score (nSPS) is 16.3. The molecule has 1 unspecified atom stereocenters. The number of primary amides is 1. The minimum atomic E-state index is -0.515. The molecule has 1 aliphatic heterocycles. The molecule has 2 aromatic heterocycles. The van der Waals surface area contributed by atoms with Crippen molar-refractivity contribution >= 4 is 23.2 Å². The molecule has 1 aromatic carbocycles. The zero-order valence-electron chi connectivity index (χ0n) is 16.8. The van der Waals surface area contributed by atoms with E-state index in [1.165, 1.54) is 6.42 Å². The van der Waals surface area contributed by atoms with Crippen LogP contribution in [0.25, 0.3) is 11.3 Å². The summed E-state index contributed by atoms with van der Waals surface area (Å²) in [5.41, 5.74) is 9.11. The van der Waals surface area contributed by atoms with Gasteiger partial charge in [-0.25, -0.2) is 0 Å². The molecule has 1 atom stereocenters. The number of hydrogen-bond donors (Lipinski definition) is 3. The minimum Gasteiger partial charge on any atom is -0.368 e. The van der Waals surface area contributed by atoms with Gasteiger partial charge in [-0.2, -0.15) is 5.10 Å². The lowest BCUT2D eigenvalue weighted by Gasteiger charge is -2.36. The Kier molecular flexibility index (Phi) is 5.47. The predicted octanol–water partition coefficient (Wildman–Crippen LogP) is 3.20. The number of benzene rings is 1. The summed E-state index contributed by atoms with van der Waals surface area (Å²) >= 11 is 0. The average molecular weight is 404 g/mol. The Morgan fingerprint density at radius 3 is 2.83 bits per heavy atom. The molecule has 3 heterocycles. The van der Waals surface area contributed by atoms with Gasteiger partial charge in [-0.3, -0.25) is 19.7 Å². The van der Waals surface area contributed by atoms with Crippen LogP contribution in [0.4, 0.5) is 11.4 Å². The van der Waals surface area contributed by atoms with E-state index in [1.807, 2.05) is 12.1 Å². The van der Waals surface area contributed by atoms with E-state index in [0.29, 0.717) is 28.7 Å². The lowest BCUT2D eigenvalue weighted by Crippen LogP contribution is -2.38.